The molecule has 0 saturated heterocycles. The van der Waals surface area contributed by atoms with Gasteiger partial charge >= 0.3 is 5.97 Å². The number of phenolic OH excluding ortho intramolecular Hbond substituents is 1. The highest BCUT2D eigenvalue weighted by molar-refractivity contribution is 9.10. The molecule has 1 aromatic carbocycles. The molecule has 1 aliphatic rings. The predicted molar refractivity (Wildman–Crippen MR) is 59.0 cm³/mol. The summed E-state index contributed by atoms with van der Waals surface area (Å²) in [5.74, 6) is -0.708. The van der Waals surface area contributed by atoms with Crippen molar-refractivity contribution in [2.75, 3.05) is 0 Å². The number of carbonyl (C=O) groups is 1. The number of hydrogen-bond donors (Lipinski definition) is 2. The van der Waals surface area contributed by atoms with Crippen LogP contribution in [0.4, 0.5) is 0 Å². The molecule has 1 fully saturated rings. The van der Waals surface area contributed by atoms with Crippen LogP contribution in [0.5, 0.6) is 5.75 Å². The lowest BCUT2D eigenvalue weighted by atomic mass is 9.64. The van der Waals surface area contributed by atoms with E-state index in [1.165, 1.54) is 0 Å². The number of aromatic hydroxyl groups is 1. The summed E-state index contributed by atoms with van der Waals surface area (Å²) in [5, 5.41) is 18.8. The van der Waals surface area contributed by atoms with Crippen molar-refractivity contribution in [2.45, 2.75) is 24.7 Å². The third-order valence-corrected chi connectivity index (χ3v) is 3.94. The molecule has 0 amide bonds. The van der Waals surface area contributed by atoms with E-state index in [2.05, 4.69) is 15.9 Å². The number of carboxylic acids is 1. The van der Waals surface area contributed by atoms with Gasteiger partial charge in [-0.25, -0.2) is 0 Å². The van der Waals surface area contributed by atoms with Gasteiger partial charge in [-0.15, -0.1) is 0 Å². The lowest BCUT2D eigenvalue weighted by Gasteiger charge is -2.38. The van der Waals surface area contributed by atoms with Crippen molar-refractivity contribution in [3.05, 3.63) is 28.2 Å². The van der Waals surface area contributed by atoms with Crippen molar-refractivity contribution in [3.8, 4) is 5.75 Å². The van der Waals surface area contributed by atoms with E-state index < -0.39 is 11.4 Å². The van der Waals surface area contributed by atoms with Crippen molar-refractivity contribution in [1.29, 1.82) is 0 Å². The highest BCUT2D eigenvalue weighted by atomic mass is 79.9. The maximum absolute atomic E-state index is 11.3. The first-order valence-corrected chi connectivity index (χ1v) is 5.58. The first-order chi connectivity index (χ1) is 7.08. The first-order valence-electron chi connectivity index (χ1n) is 4.79. The van der Waals surface area contributed by atoms with Crippen molar-refractivity contribution < 1.29 is 15.0 Å². The molecule has 4 heteroatoms. The normalized spacial score (nSPS) is 18.2. The Hall–Kier alpha value is -1.03. The Morgan fingerprint density at radius 3 is 2.53 bits per heavy atom. The SMILES string of the molecule is O=C(O)C1(c2cccc(O)c2Br)CCC1. The highest BCUT2D eigenvalue weighted by Crippen LogP contribution is 2.48. The molecule has 0 heterocycles. The number of halogens is 1. The van der Waals surface area contributed by atoms with Crippen LogP contribution in [0.25, 0.3) is 0 Å². The van der Waals surface area contributed by atoms with Crippen LogP contribution < -0.4 is 0 Å². The molecule has 0 aromatic heterocycles. The standard InChI is InChI=1S/C11H11BrO3/c12-9-7(3-1-4-8(9)13)11(10(14)15)5-2-6-11/h1,3-4,13H,2,5-6H2,(H,14,15). The second-order valence-corrected chi connectivity index (χ2v) is 4.67. The summed E-state index contributed by atoms with van der Waals surface area (Å²) in [6.07, 6.45) is 2.21. The highest BCUT2D eigenvalue weighted by Gasteiger charge is 2.47. The summed E-state index contributed by atoms with van der Waals surface area (Å²) in [6, 6.07) is 4.98. The minimum absolute atomic E-state index is 0.0972. The molecule has 1 saturated carbocycles. The summed E-state index contributed by atoms with van der Waals surface area (Å²) >= 11 is 3.25. The van der Waals surface area contributed by atoms with Crippen molar-refractivity contribution >= 4 is 21.9 Å². The fourth-order valence-corrected chi connectivity index (χ4v) is 2.66. The fourth-order valence-electron chi connectivity index (χ4n) is 2.02. The Morgan fingerprint density at radius 2 is 2.07 bits per heavy atom. The molecule has 0 atom stereocenters. The summed E-state index contributed by atoms with van der Waals surface area (Å²) < 4.78 is 0.507. The van der Waals surface area contributed by atoms with Crippen molar-refractivity contribution in [2.24, 2.45) is 0 Å². The molecular formula is C11H11BrO3. The Kier molecular flexibility index (Phi) is 2.46. The maximum atomic E-state index is 11.3. The average Bonchev–Trinajstić information content (AvgIpc) is 2.09. The van der Waals surface area contributed by atoms with E-state index in [0.717, 1.165) is 6.42 Å². The van der Waals surface area contributed by atoms with Gasteiger partial charge < -0.3 is 10.2 Å². The van der Waals surface area contributed by atoms with Gasteiger partial charge in [-0.1, -0.05) is 18.6 Å². The zero-order valence-electron chi connectivity index (χ0n) is 8.03. The maximum Gasteiger partial charge on any atom is 0.314 e. The van der Waals surface area contributed by atoms with E-state index in [-0.39, 0.29) is 5.75 Å². The third kappa shape index (κ3) is 1.44. The molecule has 0 radical (unpaired) electrons. The van der Waals surface area contributed by atoms with Gasteiger partial charge in [0.25, 0.3) is 0 Å². The number of benzene rings is 1. The fraction of sp³-hybridized carbons (Fsp3) is 0.364. The summed E-state index contributed by atoms with van der Waals surface area (Å²) in [5.41, 5.74) is -0.112. The largest absolute Gasteiger partial charge is 0.507 e. The van der Waals surface area contributed by atoms with Crippen LogP contribution >= 0.6 is 15.9 Å². The van der Waals surface area contributed by atoms with Crippen LogP contribution in [0.3, 0.4) is 0 Å². The molecule has 0 unspecified atom stereocenters. The summed E-state index contributed by atoms with van der Waals surface area (Å²) in [6.45, 7) is 0. The summed E-state index contributed by atoms with van der Waals surface area (Å²) in [7, 11) is 0. The van der Waals surface area contributed by atoms with Gasteiger partial charge in [-0.2, -0.15) is 0 Å². The van der Waals surface area contributed by atoms with Gasteiger partial charge in [0.15, 0.2) is 0 Å². The molecule has 0 aliphatic heterocycles. The minimum Gasteiger partial charge on any atom is -0.507 e. The number of rotatable bonds is 2. The molecule has 0 bridgehead atoms. The Labute approximate surface area is 95.9 Å². The number of aliphatic carboxylic acids is 1. The van der Waals surface area contributed by atoms with Crippen LogP contribution in [0, 0.1) is 0 Å². The van der Waals surface area contributed by atoms with Crippen LogP contribution in [0.2, 0.25) is 0 Å². The molecule has 2 N–H and O–H groups in total. The Balaban J connectivity index is 2.53. The van der Waals surface area contributed by atoms with Gasteiger partial charge in [-0.3, -0.25) is 4.79 Å². The molecule has 2 rings (SSSR count). The monoisotopic (exact) mass is 270 g/mol. The topological polar surface area (TPSA) is 57.5 Å². The lowest BCUT2D eigenvalue weighted by molar-refractivity contribution is -0.147. The molecule has 1 aromatic rings. The Morgan fingerprint density at radius 1 is 1.40 bits per heavy atom. The zero-order chi connectivity index (χ0) is 11.1. The zero-order valence-corrected chi connectivity index (χ0v) is 9.62. The van der Waals surface area contributed by atoms with E-state index in [1.807, 2.05) is 0 Å². The smallest absolute Gasteiger partial charge is 0.314 e. The van der Waals surface area contributed by atoms with Crippen LogP contribution in [0.15, 0.2) is 22.7 Å². The Bertz CT molecular complexity index is 410. The number of carboxylic acid groups (broad SMARTS) is 1. The van der Waals surface area contributed by atoms with Gasteiger partial charge in [0, 0.05) is 0 Å². The van der Waals surface area contributed by atoms with E-state index in [1.54, 1.807) is 18.2 Å². The van der Waals surface area contributed by atoms with Gasteiger partial charge in [0.1, 0.15) is 5.75 Å². The molecule has 80 valence electrons. The van der Waals surface area contributed by atoms with E-state index in [9.17, 15) is 15.0 Å². The van der Waals surface area contributed by atoms with Crippen molar-refractivity contribution in [3.63, 3.8) is 0 Å². The van der Waals surface area contributed by atoms with E-state index in [4.69, 9.17) is 0 Å². The van der Waals surface area contributed by atoms with Crippen LogP contribution in [0.1, 0.15) is 24.8 Å². The molecular weight excluding hydrogens is 260 g/mol. The van der Waals surface area contributed by atoms with Crippen LogP contribution in [-0.2, 0) is 10.2 Å². The second-order valence-electron chi connectivity index (χ2n) is 3.88. The van der Waals surface area contributed by atoms with Gasteiger partial charge in [-0.05, 0) is 40.4 Å². The van der Waals surface area contributed by atoms with E-state index in [0.29, 0.717) is 22.9 Å². The molecule has 1 aliphatic carbocycles. The molecule has 3 nitrogen and oxygen atoms in total. The third-order valence-electron chi connectivity index (χ3n) is 3.11. The molecule has 0 spiro atoms. The number of hydrogen-bond acceptors (Lipinski definition) is 2. The predicted octanol–water partition coefficient (Wildman–Crippen LogP) is 2.66. The van der Waals surface area contributed by atoms with Gasteiger partial charge in [0.2, 0.25) is 0 Å². The second kappa shape index (κ2) is 3.52. The van der Waals surface area contributed by atoms with Gasteiger partial charge in [0.05, 0.1) is 9.89 Å². The summed E-state index contributed by atoms with van der Waals surface area (Å²) in [4.78, 5) is 11.3. The lowest BCUT2D eigenvalue weighted by Crippen LogP contribution is -2.42. The van der Waals surface area contributed by atoms with Crippen molar-refractivity contribution in [1.82, 2.24) is 0 Å². The first kappa shape index (κ1) is 10.5. The van der Waals surface area contributed by atoms with Crippen LogP contribution in [-0.4, -0.2) is 16.2 Å². The minimum atomic E-state index is -0.806. The quantitative estimate of drug-likeness (QED) is 0.869. The number of phenols is 1. The van der Waals surface area contributed by atoms with E-state index >= 15 is 0 Å². The molecule has 15 heavy (non-hydrogen) atoms. The average molecular weight is 271 g/mol.